The number of benzene rings is 1. The standard InChI is InChI=1S/C20H24N4O4S/c1-3-21-17(25)20(18(26)22(4-2)19(21)29)12-13-11-14(24(27)28)8-9-15(13)23-10-6-5-7-16(20)23/h8-9,11,16H,3-7,10,12H2,1-2H3. The lowest BCUT2D eigenvalue weighted by Crippen LogP contribution is -2.73. The molecule has 2 amide bonds. The van der Waals surface area contributed by atoms with Gasteiger partial charge in [-0.1, -0.05) is 0 Å². The van der Waals surface area contributed by atoms with E-state index >= 15 is 0 Å². The molecule has 0 aliphatic carbocycles. The summed E-state index contributed by atoms with van der Waals surface area (Å²) in [6.07, 6.45) is 2.79. The van der Waals surface area contributed by atoms with Gasteiger partial charge >= 0.3 is 0 Å². The fourth-order valence-electron chi connectivity index (χ4n) is 5.14. The van der Waals surface area contributed by atoms with Gasteiger partial charge < -0.3 is 4.90 Å². The van der Waals surface area contributed by atoms with Crippen LogP contribution in [0.4, 0.5) is 11.4 Å². The summed E-state index contributed by atoms with van der Waals surface area (Å²) in [6, 6.07) is 4.51. The van der Waals surface area contributed by atoms with E-state index in [2.05, 4.69) is 4.90 Å². The third-order valence-electron chi connectivity index (χ3n) is 6.47. The van der Waals surface area contributed by atoms with Crippen LogP contribution in [-0.2, 0) is 16.0 Å². The van der Waals surface area contributed by atoms with Crippen LogP contribution >= 0.6 is 12.2 Å². The maximum Gasteiger partial charge on any atom is 0.269 e. The minimum Gasteiger partial charge on any atom is -0.367 e. The third kappa shape index (κ3) is 2.67. The number of carbonyl (C=O) groups excluding carboxylic acids is 2. The van der Waals surface area contributed by atoms with Crippen LogP contribution in [0.2, 0.25) is 0 Å². The Balaban J connectivity index is 1.92. The average molecular weight is 417 g/mol. The first-order valence-electron chi connectivity index (χ1n) is 10.1. The van der Waals surface area contributed by atoms with Gasteiger partial charge in [-0.25, -0.2) is 0 Å². The highest BCUT2D eigenvalue weighted by Gasteiger charge is 2.63. The van der Waals surface area contributed by atoms with E-state index in [0.717, 1.165) is 31.5 Å². The number of fused-ring (bicyclic) bond motifs is 4. The minimum atomic E-state index is -1.29. The van der Waals surface area contributed by atoms with E-state index in [1.165, 1.54) is 21.9 Å². The smallest absolute Gasteiger partial charge is 0.269 e. The van der Waals surface area contributed by atoms with Crippen LogP contribution in [-0.4, -0.2) is 57.3 Å². The highest BCUT2D eigenvalue weighted by Crippen LogP contribution is 2.49. The first-order chi connectivity index (χ1) is 13.9. The number of non-ortho nitro benzene ring substituents is 1. The van der Waals surface area contributed by atoms with E-state index in [0.29, 0.717) is 18.7 Å². The number of anilines is 1. The van der Waals surface area contributed by atoms with E-state index in [1.54, 1.807) is 6.07 Å². The number of amides is 2. The summed E-state index contributed by atoms with van der Waals surface area (Å²) in [7, 11) is 0. The molecular weight excluding hydrogens is 392 g/mol. The lowest BCUT2D eigenvalue weighted by molar-refractivity contribution is -0.384. The largest absolute Gasteiger partial charge is 0.367 e. The van der Waals surface area contributed by atoms with E-state index in [4.69, 9.17) is 12.2 Å². The van der Waals surface area contributed by atoms with Crippen molar-refractivity contribution in [3.63, 3.8) is 0 Å². The highest BCUT2D eigenvalue weighted by atomic mass is 32.1. The van der Waals surface area contributed by atoms with E-state index < -0.39 is 10.3 Å². The molecule has 0 bridgehead atoms. The number of nitro benzene ring substituents is 1. The molecule has 3 aliphatic rings. The molecule has 1 unspecified atom stereocenters. The zero-order chi connectivity index (χ0) is 20.9. The topological polar surface area (TPSA) is 87.0 Å². The molecule has 0 saturated carbocycles. The first-order valence-corrected chi connectivity index (χ1v) is 10.5. The summed E-state index contributed by atoms with van der Waals surface area (Å²) in [4.78, 5) is 43.5. The van der Waals surface area contributed by atoms with Crippen molar-refractivity contribution in [2.24, 2.45) is 5.41 Å². The number of nitrogens with zero attached hydrogens (tertiary/aromatic N) is 4. The fraction of sp³-hybridized carbons (Fsp3) is 0.550. The SMILES string of the molecule is CCN1C(=O)C2(Cc3cc([N+](=O)[O-])ccc3N3CCCCC32)C(=O)N(CC)C1=S. The number of nitro groups is 1. The van der Waals surface area contributed by atoms with Gasteiger partial charge in [0.1, 0.15) is 0 Å². The molecule has 3 aliphatic heterocycles. The van der Waals surface area contributed by atoms with Gasteiger partial charge in [0.25, 0.3) is 5.69 Å². The molecule has 154 valence electrons. The van der Waals surface area contributed by atoms with Gasteiger partial charge in [-0.2, -0.15) is 0 Å². The van der Waals surface area contributed by atoms with Crippen molar-refractivity contribution in [2.45, 2.75) is 45.6 Å². The number of piperidine rings is 1. The predicted molar refractivity (Wildman–Crippen MR) is 112 cm³/mol. The molecular formula is C20H24N4O4S. The molecule has 9 heteroatoms. The van der Waals surface area contributed by atoms with Crippen molar-refractivity contribution in [1.82, 2.24) is 9.80 Å². The lowest BCUT2D eigenvalue weighted by atomic mass is 9.65. The molecule has 8 nitrogen and oxygen atoms in total. The van der Waals surface area contributed by atoms with E-state index in [1.807, 2.05) is 13.8 Å². The average Bonchev–Trinajstić information content (AvgIpc) is 2.72. The molecule has 1 atom stereocenters. The molecule has 2 saturated heterocycles. The van der Waals surface area contributed by atoms with Crippen molar-refractivity contribution in [2.75, 3.05) is 24.5 Å². The van der Waals surface area contributed by atoms with Gasteiger partial charge in [-0.15, -0.1) is 0 Å². The van der Waals surface area contributed by atoms with Gasteiger partial charge in [0.15, 0.2) is 10.5 Å². The van der Waals surface area contributed by atoms with Gasteiger partial charge in [-0.05, 0) is 57.0 Å². The first kappa shape index (κ1) is 19.8. The van der Waals surface area contributed by atoms with Crippen LogP contribution in [0.1, 0.15) is 38.7 Å². The highest BCUT2D eigenvalue weighted by molar-refractivity contribution is 7.80. The molecule has 0 aromatic heterocycles. The Labute approximate surface area is 174 Å². The quantitative estimate of drug-likeness (QED) is 0.326. The normalized spacial score (nSPS) is 23.3. The molecule has 0 N–H and O–H groups in total. The number of rotatable bonds is 3. The van der Waals surface area contributed by atoms with Crippen LogP contribution in [0.25, 0.3) is 0 Å². The molecule has 1 spiro atoms. The second-order valence-corrected chi connectivity index (χ2v) is 8.17. The summed E-state index contributed by atoms with van der Waals surface area (Å²) in [5.74, 6) is -0.539. The Kier molecular flexibility index (Phi) is 4.80. The van der Waals surface area contributed by atoms with Crippen LogP contribution in [0.15, 0.2) is 18.2 Å². The maximum atomic E-state index is 13.7. The van der Waals surface area contributed by atoms with Crippen LogP contribution in [0.3, 0.4) is 0 Å². The molecule has 4 rings (SSSR count). The van der Waals surface area contributed by atoms with E-state index in [-0.39, 0.29) is 35.1 Å². The van der Waals surface area contributed by atoms with E-state index in [9.17, 15) is 19.7 Å². The van der Waals surface area contributed by atoms with Crippen LogP contribution in [0.5, 0.6) is 0 Å². The minimum absolute atomic E-state index is 0.0275. The molecule has 1 aromatic carbocycles. The molecule has 1 aromatic rings. The monoisotopic (exact) mass is 416 g/mol. The Morgan fingerprint density at radius 1 is 1.17 bits per heavy atom. The third-order valence-corrected chi connectivity index (χ3v) is 6.91. The molecule has 3 heterocycles. The van der Waals surface area contributed by atoms with Gasteiger partial charge in [-0.3, -0.25) is 29.5 Å². The molecule has 0 radical (unpaired) electrons. The van der Waals surface area contributed by atoms with Crippen LogP contribution in [0, 0.1) is 15.5 Å². The second kappa shape index (κ2) is 7.05. The molecule has 2 fully saturated rings. The van der Waals surface area contributed by atoms with Crippen LogP contribution < -0.4 is 4.90 Å². The predicted octanol–water partition coefficient (Wildman–Crippen LogP) is 2.49. The summed E-state index contributed by atoms with van der Waals surface area (Å²) in [5.41, 5.74) is 0.252. The summed E-state index contributed by atoms with van der Waals surface area (Å²) in [6.45, 7) is 5.19. The second-order valence-electron chi connectivity index (χ2n) is 7.80. The lowest BCUT2D eigenvalue weighted by Gasteiger charge is -2.56. The summed E-state index contributed by atoms with van der Waals surface area (Å²) < 4.78 is 0. The van der Waals surface area contributed by atoms with Crippen molar-refractivity contribution in [3.8, 4) is 0 Å². The molecule has 29 heavy (non-hydrogen) atoms. The Morgan fingerprint density at radius 2 is 1.83 bits per heavy atom. The number of thiocarbonyl (C=S) groups is 1. The maximum absolute atomic E-state index is 13.7. The number of carbonyl (C=O) groups is 2. The van der Waals surface area contributed by atoms with Gasteiger partial charge in [0.05, 0.1) is 11.0 Å². The number of hydrogen-bond acceptors (Lipinski definition) is 6. The van der Waals surface area contributed by atoms with Gasteiger partial charge in [0.2, 0.25) is 11.8 Å². The van der Waals surface area contributed by atoms with Crippen molar-refractivity contribution in [3.05, 3.63) is 33.9 Å². The fourth-order valence-corrected chi connectivity index (χ4v) is 5.57. The summed E-state index contributed by atoms with van der Waals surface area (Å²) >= 11 is 5.44. The summed E-state index contributed by atoms with van der Waals surface area (Å²) in [5, 5.41) is 11.6. The van der Waals surface area contributed by atoms with Crippen molar-refractivity contribution >= 4 is 40.5 Å². The van der Waals surface area contributed by atoms with Gasteiger partial charge in [0, 0.05) is 43.9 Å². The van der Waals surface area contributed by atoms with Crippen molar-refractivity contribution < 1.29 is 14.5 Å². The van der Waals surface area contributed by atoms with Crippen molar-refractivity contribution in [1.29, 1.82) is 0 Å². The Hall–Kier alpha value is -2.55. The zero-order valence-corrected chi connectivity index (χ0v) is 17.4. The zero-order valence-electron chi connectivity index (χ0n) is 16.6. The Morgan fingerprint density at radius 3 is 2.41 bits per heavy atom. The Bertz CT molecular complexity index is 892. The number of hydrogen-bond donors (Lipinski definition) is 0.